The van der Waals surface area contributed by atoms with Crippen molar-refractivity contribution in [2.45, 2.75) is 38.0 Å². The van der Waals surface area contributed by atoms with E-state index in [4.69, 9.17) is 14.2 Å². The van der Waals surface area contributed by atoms with Gasteiger partial charge in [0.05, 0.1) is 19.3 Å². The number of ether oxygens (including phenoxy) is 3. The second kappa shape index (κ2) is 8.70. The van der Waals surface area contributed by atoms with Crippen LogP contribution in [0.4, 0.5) is 8.78 Å². The maximum absolute atomic E-state index is 14.2. The molecule has 0 spiro atoms. The van der Waals surface area contributed by atoms with Crippen LogP contribution in [0.3, 0.4) is 0 Å². The smallest absolute Gasteiger partial charge is 0.343 e. The van der Waals surface area contributed by atoms with Crippen molar-refractivity contribution in [3.8, 4) is 5.75 Å². The van der Waals surface area contributed by atoms with Gasteiger partial charge in [0.25, 0.3) is 12.3 Å². The van der Waals surface area contributed by atoms with Gasteiger partial charge in [0, 0.05) is 19.2 Å². The second-order valence-electron chi connectivity index (χ2n) is 7.59. The normalized spacial score (nSPS) is 22.0. The van der Waals surface area contributed by atoms with Crippen molar-refractivity contribution >= 4 is 11.9 Å². The number of fused-ring (bicyclic) bond motifs is 3. The average Bonchev–Trinajstić information content (AvgIpc) is 2.78. The minimum atomic E-state index is -2.90. The summed E-state index contributed by atoms with van der Waals surface area (Å²) in [6.07, 6.45) is -1.92. The zero-order valence-electron chi connectivity index (χ0n) is 17.3. The summed E-state index contributed by atoms with van der Waals surface area (Å²) in [5, 5.41) is 2.40. The lowest BCUT2D eigenvalue weighted by Crippen LogP contribution is -2.66. The number of amides is 1. The van der Waals surface area contributed by atoms with E-state index in [1.54, 1.807) is 31.2 Å². The molecule has 1 amide bonds. The molecular weight excluding hydrogens is 426 g/mol. The molecule has 0 unspecified atom stereocenters. The molecule has 10 heteroatoms. The number of aromatic nitrogens is 1. The van der Waals surface area contributed by atoms with Gasteiger partial charge in [-0.3, -0.25) is 9.59 Å². The van der Waals surface area contributed by atoms with Gasteiger partial charge in [-0.2, -0.15) is 0 Å². The van der Waals surface area contributed by atoms with E-state index in [1.165, 1.54) is 4.57 Å². The number of nitrogens with one attached hydrogen (secondary N) is 1. The molecule has 32 heavy (non-hydrogen) atoms. The summed E-state index contributed by atoms with van der Waals surface area (Å²) in [6.45, 7) is 1.42. The monoisotopic (exact) mass is 448 g/mol. The van der Waals surface area contributed by atoms with Gasteiger partial charge in [-0.1, -0.05) is 30.3 Å². The van der Waals surface area contributed by atoms with Gasteiger partial charge < -0.3 is 24.1 Å². The number of alkyl halides is 2. The Kier molecular flexibility index (Phi) is 5.96. The number of nitrogens with zero attached hydrogens (tertiary/aromatic N) is 1. The minimum absolute atomic E-state index is 0.00816. The standard InChI is InChI=1S/C22H22F2N2O6/c1-2-31-20(29)14-10-26-15-12-30-9-8-22(15,21(23)24)25-19(28)16(26)18(17(14)27)32-11-13-6-4-3-5-7-13/h3-7,10,15,21H,2,8-9,11-12H2,1H3,(H,25,28)/t15-,22+/m0/s1. The summed E-state index contributed by atoms with van der Waals surface area (Å²) in [5.41, 5.74) is -2.65. The van der Waals surface area contributed by atoms with E-state index in [0.717, 1.165) is 6.20 Å². The molecule has 1 aromatic heterocycles. The molecule has 2 aliphatic heterocycles. The Morgan fingerprint density at radius 1 is 1.31 bits per heavy atom. The van der Waals surface area contributed by atoms with Gasteiger partial charge in [0.2, 0.25) is 5.43 Å². The van der Waals surface area contributed by atoms with E-state index >= 15 is 0 Å². The molecule has 8 nitrogen and oxygen atoms in total. The lowest BCUT2D eigenvalue weighted by Gasteiger charge is -2.48. The molecule has 0 radical (unpaired) electrons. The van der Waals surface area contributed by atoms with Crippen LogP contribution in [0.2, 0.25) is 0 Å². The Labute approximate surface area is 182 Å². The molecule has 1 aromatic carbocycles. The Hall–Kier alpha value is -3.27. The first-order valence-electron chi connectivity index (χ1n) is 10.2. The van der Waals surface area contributed by atoms with Gasteiger partial charge >= 0.3 is 5.97 Å². The van der Waals surface area contributed by atoms with Crippen LogP contribution >= 0.6 is 0 Å². The Morgan fingerprint density at radius 3 is 2.75 bits per heavy atom. The second-order valence-corrected chi connectivity index (χ2v) is 7.59. The Morgan fingerprint density at radius 2 is 2.06 bits per heavy atom. The number of benzene rings is 1. The molecule has 1 saturated heterocycles. The predicted octanol–water partition coefficient (Wildman–Crippen LogP) is 2.31. The van der Waals surface area contributed by atoms with Crippen LogP contribution in [0.1, 0.15) is 45.8 Å². The summed E-state index contributed by atoms with van der Waals surface area (Å²) in [4.78, 5) is 38.6. The van der Waals surface area contributed by atoms with Gasteiger partial charge in [-0.05, 0) is 12.5 Å². The molecule has 0 bridgehead atoms. The highest BCUT2D eigenvalue weighted by Gasteiger charge is 2.55. The molecule has 3 heterocycles. The molecule has 1 fully saturated rings. The molecular formula is C22H22F2N2O6. The van der Waals surface area contributed by atoms with Gasteiger partial charge in [0.15, 0.2) is 11.4 Å². The van der Waals surface area contributed by atoms with Gasteiger partial charge in [-0.15, -0.1) is 0 Å². The first-order valence-corrected chi connectivity index (χ1v) is 10.2. The highest BCUT2D eigenvalue weighted by atomic mass is 19.3. The lowest BCUT2D eigenvalue weighted by molar-refractivity contribution is -0.0831. The minimum Gasteiger partial charge on any atom is -0.483 e. The fourth-order valence-corrected chi connectivity index (χ4v) is 4.10. The van der Waals surface area contributed by atoms with Gasteiger partial charge in [0.1, 0.15) is 17.7 Å². The quantitative estimate of drug-likeness (QED) is 0.682. The number of carbonyl (C=O) groups excluding carboxylic acids is 2. The van der Waals surface area contributed by atoms with Crippen molar-refractivity contribution in [3.05, 3.63) is 63.6 Å². The molecule has 0 aliphatic carbocycles. The number of halogens is 2. The highest BCUT2D eigenvalue weighted by Crippen LogP contribution is 2.41. The maximum Gasteiger partial charge on any atom is 0.343 e. The average molecular weight is 448 g/mol. The summed E-state index contributed by atoms with van der Waals surface area (Å²) in [7, 11) is 0. The van der Waals surface area contributed by atoms with Crippen molar-refractivity contribution < 1.29 is 32.6 Å². The van der Waals surface area contributed by atoms with Crippen LogP contribution < -0.4 is 15.5 Å². The van der Waals surface area contributed by atoms with Crippen molar-refractivity contribution in [2.75, 3.05) is 19.8 Å². The molecule has 2 atom stereocenters. The van der Waals surface area contributed by atoms with Crippen LogP contribution in [0, 0.1) is 0 Å². The number of carbonyl (C=O) groups is 2. The Bertz CT molecular complexity index is 1090. The first-order chi connectivity index (χ1) is 15.4. The number of hydrogen-bond acceptors (Lipinski definition) is 6. The molecule has 2 aliphatic rings. The van der Waals surface area contributed by atoms with Crippen molar-refractivity contribution in [2.24, 2.45) is 0 Å². The fourth-order valence-electron chi connectivity index (χ4n) is 4.10. The largest absolute Gasteiger partial charge is 0.483 e. The van der Waals surface area contributed by atoms with E-state index in [1.807, 2.05) is 6.07 Å². The van der Waals surface area contributed by atoms with Crippen LogP contribution in [-0.2, 0) is 16.1 Å². The molecule has 0 saturated carbocycles. The van der Waals surface area contributed by atoms with Crippen LogP contribution in [0.15, 0.2) is 41.3 Å². The summed E-state index contributed by atoms with van der Waals surface area (Å²) in [5.74, 6) is -2.20. The molecule has 170 valence electrons. The summed E-state index contributed by atoms with van der Waals surface area (Å²) < 4.78 is 45.6. The lowest BCUT2D eigenvalue weighted by atomic mass is 9.82. The molecule has 4 rings (SSSR count). The third kappa shape index (κ3) is 3.64. The first kappa shape index (κ1) is 21.9. The van der Waals surface area contributed by atoms with Gasteiger partial charge in [-0.25, -0.2) is 13.6 Å². The van der Waals surface area contributed by atoms with Crippen molar-refractivity contribution in [1.82, 2.24) is 9.88 Å². The summed E-state index contributed by atoms with van der Waals surface area (Å²) >= 11 is 0. The third-order valence-electron chi connectivity index (χ3n) is 5.73. The highest BCUT2D eigenvalue weighted by molar-refractivity contribution is 5.98. The number of rotatable bonds is 6. The predicted molar refractivity (Wildman–Crippen MR) is 108 cm³/mol. The van der Waals surface area contributed by atoms with E-state index in [2.05, 4.69) is 5.32 Å². The van der Waals surface area contributed by atoms with Crippen LogP contribution in [0.25, 0.3) is 0 Å². The van der Waals surface area contributed by atoms with E-state index < -0.39 is 46.6 Å². The van der Waals surface area contributed by atoms with Crippen LogP contribution in [0.5, 0.6) is 5.75 Å². The Balaban J connectivity index is 1.87. The van der Waals surface area contributed by atoms with E-state index in [9.17, 15) is 23.2 Å². The van der Waals surface area contributed by atoms with Crippen LogP contribution in [-0.4, -0.2) is 48.2 Å². The number of hydrogen-bond donors (Lipinski definition) is 1. The van der Waals surface area contributed by atoms with Crippen molar-refractivity contribution in [1.29, 1.82) is 0 Å². The number of pyridine rings is 1. The maximum atomic E-state index is 14.2. The van der Waals surface area contributed by atoms with Crippen molar-refractivity contribution in [3.63, 3.8) is 0 Å². The van der Waals surface area contributed by atoms with E-state index in [0.29, 0.717) is 5.56 Å². The van der Waals surface area contributed by atoms with E-state index in [-0.39, 0.29) is 38.5 Å². The zero-order chi connectivity index (χ0) is 22.9. The molecule has 2 aromatic rings. The molecule has 1 N–H and O–H groups in total. The number of esters is 1. The SMILES string of the molecule is CCOC(=O)c1cn2c(c(OCc3ccccc3)c1=O)C(=O)N[C@]1(C(F)F)CCOC[C@H]21. The third-order valence-corrected chi connectivity index (χ3v) is 5.73. The topological polar surface area (TPSA) is 95.9 Å². The summed E-state index contributed by atoms with van der Waals surface area (Å²) in [6, 6.07) is 7.84. The fraction of sp³-hybridized carbons (Fsp3) is 0.409. The zero-order valence-corrected chi connectivity index (χ0v) is 17.3.